The number of rotatable bonds is 5. The van der Waals surface area contributed by atoms with E-state index in [0.29, 0.717) is 17.1 Å². The minimum Gasteiger partial charge on any atom is -0.341 e. The summed E-state index contributed by atoms with van der Waals surface area (Å²) in [7, 11) is 0. The van der Waals surface area contributed by atoms with Gasteiger partial charge in [0.25, 0.3) is 5.56 Å². The van der Waals surface area contributed by atoms with Gasteiger partial charge in [-0.05, 0) is 37.7 Å². The molecule has 3 heterocycles. The minimum absolute atomic E-state index is 0.0379. The summed E-state index contributed by atoms with van der Waals surface area (Å²) in [6, 6.07) is 0. The molecule has 1 atom stereocenters. The van der Waals surface area contributed by atoms with Crippen molar-refractivity contribution in [1.82, 2.24) is 14.5 Å². The zero-order valence-electron chi connectivity index (χ0n) is 17.4. The lowest BCUT2D eigenvalue weighted by Gasteiger charge is -2.36. The van der Waals surface area contributed by atoms with Gasteiger partial charge in [-0.1, -0.05) is 38.6 Å². The number of fused-ring (bicyclic) bond motifs is 1. The smallest absolute Gasteiger partial charge is 0.263 e. The zero-order chi connectivity index (χ0) is 20.6. The topological polar surface area (TPSA) is 55.2 Å². The van der Waals surface area contributed by atoms with Gasteiger partial charge in [-0.2, -0.15) is 0 Å². The minimum atomic E-state index is -0.196. The molecular weight excluding hydrogens is 390 g/mol. The molecule has 1 aliphatic rings. The highest BCUT2D eigenvalue weighted by Crippen LogP contribution is 2.33. The van der Waals surface area contributed by atoms with Crippen molar-refractivity contribution in [2.45, 2.75) is 64.4 Å². The van der Waals surface area contributed by atoms with Crippen molar-refractivity contribution in [2.75, 3.05) is 13.1 Å². The highest BCUT2D eigenvalue weighted by molar-refractivity contribution is 8.00. The predicted octanol–water partition coefficient (Wildman–Crippen LogP) is 4.39. The van der Waals surface area contributed by atoms with Crippen molar-refractivity contribution in [2.24, 2.45) is 5.41 Å². The predicted molar refractivity (Wildman–Crippen MR) is 118 cm³/mol. The Morgan fingerprint density at radius 3 is 2.68 bits per heavy atom. The van der Waals surface area contributed by atoms with Crippen molar-refractivity contribution in [1.29, 1.82) is 0 Å². The second-order valence-electron chi connectivity index (χ2n) is 8.63. The molecule has 3 rings (SSSR count). The number of likely N-dealkylation sites (tertiary alicyclic amines) is 1. The van der Waals surface area contributed by atoms with Gasteiger partial charge in [0.15, 0.2) is 5.16 Å². The van der Waals surface area contributed by atoms with Gasteiger partial charge in [0, 0.05) is 24.5 Å². The molecule has 2 aromatic heterocycles. The third-order valence-electron chi connectivity index (χ3n) is 4.96. The van der Waals surface area contributed by atoms with Gasteiger partial charge in [-0.25, -0.2) is 4.98 Å². The molecule has 152 valence electrons. The molecule has 0 spiro atoms. The first-order valence-corrected chi connectivity index (χ1v) is 11.4. The SMILES string of the molecule is C=CCn1c(SC2CCCN(CC(C)(C)C)C2=O)nc2sc(C)c(C)c2c1=O. The Balaban J connectivity index is 1.97. The summed E-state index contributed by atoms with van der Waals surface area (Å²) in [5, 5.41) is 1.12. The first-order chi connectivity index (χ1) is 13.1. The van der Waals surface area contributed by atoms with E-state index in [4.69, 9.17) is 4.98 Å². The normalized spacial score (nSPS) is 18.1. The molecule has 0 radical (unpaired) electrons. The molecular formula is C21H29N3O2S2. The molecule has 0 aliphatic carbocycles. The monoisotopic (exact) mass is 419 g/mol. The number of nitrogens with zero attached hydrogens (tertiary/aromatic N) is 3. The molecule has 0 saturated carbocycles. The Hall–Kier alpha value is -1.60. The third-order valence-corrected chi connectivity index (χ3v) is 7.31. The Morgan fingerprint density at radius 1 is 1.32 bits per heavy atom. The summed E-state index contributed by atoms with van der Waals surface area (Å²) in [5.41, 5.74) is 1.03. The van der Waals surface area contributed by atoms with Crippen LogP contribution in [0.1, 0.15) is 44.1 Å². The summed E-state index contributed by atoms with van der Waals surface area (Å²) in [6.07, 6.45) is 3.50. The fraction of sp³-hybridized carbons (Fsp3) is 0.571. The second-order valence-corrected chi connectivity index (χ2v) is 11.0. The number of thiophene rings is 1. The van der Waals surface area contributed by atoms with Gasteiger partial charge in [0.05, 0.1) is 10.6 Å². The van der Waals surface area contributed by atoms with Crippen LogP contribution in [0, 0.1) is 19.3 Å². The largest absolute Gasteiger partial charge is 0.341 e. The number of carbonyl (C=O) groups excluding carboxylic acids is 1. The molecule has 1 saturated heterocycles. The van der Waals surface area contributed by atoms with Gasteiger partial charge in [-0.3, -0.25) is 14.2 Å². The number of carbonyl (C=O) groups is 1. The lowest BCUT2D eigenvalue weighted by Crippen LogP contribution is -2.46. The number of aryl methyl sites for hydroxylation is 2. The Labute approximate surface area is 174 Å². The van der Waals surface area contributed by atoms with E-state index in [0.717, 1.165) is 41.2 Å². The Morgan fingerprint density at radius 2 is 2.04 bits per heavy atom. The molecule has 1 amide bonds. The van der Waals surface area contributed by atoms with E-state index in [-0.39, 0.29) is 22.1 Å². The molecule has 28 heavy (non-hydrogen) atoms. The van der Waals surface area contributed by atoms with E-state index in [1.165, 1.54) is 11.8 Å². The average Bonchev–Trinajstić information content (AvgIpc) is 2.88. The van der Waals surface area contributed by atoms with Gasteiger partial charge in [-0.15, -0.1) is 17.9 Å². The van der Waals surface area contributed by atoms with Gasteiger partial charge in [0.2, 0.25) is 5.91 Å². The third kappa shape index (κ3) is 4.20. The standard InChI is InChI=1S/C21H29N3O2S2/c1-7-10-24-19(26)16-13(2)14(3)27-17(16)22-20(24)28-15-9-8-11-23(18(15)25)12-21(4,5)6/h7,15H,1,8-12H2,2-6H3. The molecule has 2 aromatic rings. The fourth-order valence-corrected chi connectivity index (χ4v) is 5.85. The Bertz CT molecular complexity index is 969. The molecule has 0 bridgehead atoms. The highest BCUT2D eigenvalue weighted by atomic mass is 32.2. The number of thioether (sulfide) groups is 1. The first kappa shape index (κ1) is 21.1. The summed E-state index contributed by atoms with van der Waals surface area (Å²) in [6.45, 7) is 16.2. The van der Waals surface area contributed by atoms with Gasteiger partial charge < -0.3 is 4.90 Å². The average molecular weight is 420 g/mol. The van der Waals surface area contributed by atoms with Crippen LogP contribution in [0.2, 0.25) is 0 Å². The second kappa shape index (κ2) is 8.03. The maximum absolute atomic E-state index is 13.1. The lowest BCUT2D eigenvalue weighted by atomic mass is 9.94. The highest BCUT2D eigenvalue weighted by Gasteiger charge is 2.33. The number of hydrogen-bond donors (Lipinski definition) is 0. The summed E-state index contributed by atoms with van der Waals surface area (Å²) in [5.74, 6) is 0.157. The molecule has 1 fully saturated rings. The number of aromatic nitrogens is 2. The van der Waals surface area contributed by atoms with Crippen molar-refractivity contribution >= 4 is 39.2 Å². The van der Waals surface area contributed by atoms with Crippen LogP contribution in [0.5, 0.6) is 0 Å². The van der Waals surface area contributed by atoms with Crippen LogP contribution < -0.4 is 5.56 Å². The number of amides is 1. The fourth-order valence-electron chi connectivity index (χ4n) is 3.56. The van der Waals surface area contributed by atoms with E-state index in [2.05, 4.69) is 27.4 Å². The van der Waals surface area contributed by atoms with E-state index in [1.54, 1.807) is 22.0 Å². The molecule has 5 nitrogen and oxygen atoms in total. The zero-order valence-corrected chi connectivity index (χ0v) is 19.0. The maximum Gasteiger partial charge on any atom is 0.263 e. The summed E-state index contributed by atoms with van der Waals surface area (Å²) < 4.78 is 1.66. The molecule has 7 heteroatoms. The first-order valence-electron chi connectivity index (χ1n) is 9.69. The molecule has 0 N–H and O–H groups in total. The van der Waals surface area contributed by atoms with Crippen LogP contribution >= 0.6 is 23.1 Å². The van der Waals surface area contributed by atoms with E-state index in [9.17, 15) is 9.59 Å². The van der Waals surface area contributed by atoms with Crippen LogP contribution in [0.15, 0.2) is 22.6 Å². The van der Waals surface area contributed by atoms with E-state index < -0.39 is 0 Å². The lowest BCUT2D eigenvalue weighted by molar-refractivity contribution is -0.133. The van der Waals surface area contributed by atoms with Gasteiger partial charge in [0.1, 0.15) is 4.83 Å². The van der Waals surface area contributed by atoms with Crippen molar-refractivity contribution in [3.05, 3.63) is 33.4 Å². The number of allylic oxidation sites excluding steroid dienone is 1. The quantitative estimate of drug-likeness (QED) is 0.533. The van der Waals surface area contributed by atoms with Crippen LogP contribution in [0.3, 0.4) is 0 Å². The Kier molecular flexibility index (Phi) is 6.05. The van der Waals surface area contributed by atoms with E-state index >= 15 is 0 Å². The van der Waals surface area contributed by atoms with E-state index in [1.807, 2.05) is 18.7 Å². The number of piperidine rings is 1. The summed E-state index contributed by atoms with van der Waals surface area (Å²) in [4.78, 5) is 34.8. The maximum atomic E-state index is 13.1. The van der Waals surface area contributed by atoms with Crippen LogP contribution in [0.4, 0.5) is 0 Å². The van der Waals surface area contributed by atoms with Crippen LogP contribution in [0.25, 0.3) is 10.2 Å². The number of hydrogen-bond acceptors (Lipinski definition) is 5. The van der Waals surface area contributed by atoms with Gasteiger partial charge >= 0.3 is 0 Å². The molecule has 1 unspecified atom stereocenters. The van der Waals surface area contributed by atoms with Crippen LogP contribution in [-0.2, 0) is 11.3 Å². The van der Waals surface area contributed by atoms with Crippen molar-refractivity contribution in [3.63, 3.8) is 0 Å². The van der Waals surface area contributed by atoms with Crippen molar-refractivity contribution in [3.8, 4) is 0 Å². The summed E-state index contributed by atoms with van der Waals surface area (Å²) >= 11 is 2.98. The molecule has 1 aliphatic heterocycles. The molecule has 0 aromatic carbocycles. The van der Waals surface area contributed by atoms with Crippen molar-refractivity contribution < 1.29 is 4.79 Å². The van der Waals surface area contributed by atoms with Crippen LogP contribution in [-0.4, -0.2) is 38.7 Å².